The van der Waals surface area contributed by atoms with E-state index >= 15 is 0 Å². The van der Waals surface area contributed by atoms with Crippen LogP contribution in [0.3, 0.4) is 0 Å². The fraction of sp³-hybridized carbons (Fsp3) is 0.333. The van der Waals surface area contributed by atoms with Gasteiger partial charge in [-0.25, -0.2) is 4.98 Å². The molecule has 0 radical (unpaired) electrons. The topological polar surface area (TPSA) is 95.1 Å². The number of nitrogens with two attached hydrogens (primary N) is 1. The van der Waals surface area contributed by atoms with Crippen LogP contribution in [0.25, 0.3) is 10.9 Å². The number of hydrogen-bond donors (Lipinski definition) is 1. The first-order valence-corrected chi connectivity index (χ1v) is 7.57. The van der Waals surface area contributed by atoms with E-state index in [4.69, 9.17) is 7.10 Å². The molecule has 7 heteroatoms. The van der Waals surface area contributed by atoms with Gasteiger partial charge in [0, 0.05) is 16.6 Å². The first-order valence-electron chi connectivity index (χ1n) is 7.28. The molecule has 1 aliphatic rings. The van der Waals surface area contributed by atoms with E-state index in [0.717, 1.165) is 4.57 Å². The lowest BCUT2D eigenvalue weighted by Crippen LogP contribution is -2.36. The fourth-order valence-corrected chi connectivity index (χ4v) is 3.20. The minimum absolute atomic E-state index is 0.0327. The third-order valence-corrected chi connectivity index (χ3v) is 4.18. The van der Waals surface area contributed by atoms with Gasteiger partial charge >= 0.3 is 0 Å². The summed E-state index contributed by atoms with van der Waals surface area (Å²) < 4.78 is 10.2. The third kappa shape index (κ3) is 2.35. The van der Waals surface area contributed by atoms with Crippen molar-refractivity contribution in [3.8, 4) is 0 Å². The smallest absolute Gasteiger partial charge is 0.264 e. The summed E-state index contributed by atoms with van der Waals surface area (Å²) in [6.45, 7) is 1.57. The zero-order valence-electron chi connectivity index (χ0n) is 12.9. The van der Waals surface area contributed by atoms with Crippen molar-refractivity contribution in [3.05, 3.63) is 32.8 Å². The predicted octanol–water partition coefficient (Wildman–Crippen LogP) is 1.91. The van der Waals surface area contributed by atoms with Crippen LogP contribution in [-0.4, -0.2) is 21.1 Å². The second kappa shape index (κ2) is 5.31. The molecule has 1 fully saturated rings. The zero-order chi connectivity index (χ0) is 16.9. The Labute approximate surface area is 135 Å². The molecule has 114 valence electrons. The Morgan fingerprint density at radius 2 is 2.14 bits per heavy atom. The van der Waals surface area contributed by atoms with Crippen LogP contribution in [0.2, 0.25) is 0 Å². The molecule has 1 heterocycles. The lowest BCUT2D eigenvalue weighted by Gasteiger charge is -2.24. The summed E-state index contributed by atoms with van der Waals surface area (Å²) in [6, 6.07) is 1.43. The Morgan fingerprint density at radius 3 is 2.82 bits per heavy atom. The number of carbonyl (C=O) groups excluding carboxylic acids is 2. The maximum Gasteiger partial charge on any atom is 0.264 e. The summed E-state index contributed by atoms with van der Waals surface area (Å²) >= 11 is 3.30. The number of nitrogen functional groups attached to an aromatic ring is 1. The summed E-state index contributed by atoms with van der Waals surface area (Å²) in [5, 5.41) is 0.176. The lowest BCUT2D eigenvalue weighted by atomic mass is 9.92. The molecular formula is C15H14BrN3O3. The molecule has 6 nitrogen and oxygen atoms in total. The van der Waals surface area contributed by atoms with Crippen molar-refractivity contribution in [1.29, 1.82) is 0 Å². The molecule has 0 saturated heterocycles. The van der Waals surface area contributed by atoms with Crippen LogP contribution in [0.4, 0.5) is 5.69 Å². The molecule has 2 aromatic rings. The minimum Gasteiger partial charge on any atom is -0.398 e. The molecule has 0 spiro atoms. The van der Waals surface area contributed by atoms with Crippen LogP contribution in [0.5, 0.6) is 0 Å². The summed E-state index contributed by atoms with van der Waals surface area (Å²) in [5.74, 6) is -0.547. The zero-order valence-corrected chi connectivity index (χ0v) is 13.4. The molecule has 2 N–H and O–H groups in total. The number of rotatable bonds is 1. The van der Waals surface area contributed by atoms with Crippen molar-refractivity contribution in [2.24, 2.45) is 0 Å². The van der Waals surface area contributed by atoms with E-state index in [2.05, 4.69) is 20.9 Å². The highest BCUT2D eigenvalue weighted by Gasteiger charge is 2.30. The van der Waals surface area contributed by atoms with E-state index in [9.17, 15) is 14.4 Å². The van der Waals surface area contributed by atoms with E-state index in [1.54, 1.807) is 19.1 Å². The fourth-order valence-electron chi connectivity index (χ4n) is 2.74. The summed E-state index contributed by atoms with van der Waals surface area (Å²) in [4.78, 5) is 40.9. The monoisotopic (exact) mass is 364 g/mol. The van der Waals surface area contributed by atoms with Crippen LogP contribution in [0, 0.1) is 6.92 Å². The number of benzene rings is 1. The second-order valence-corrected chi connectivity index (χ2v) is 6.19. The van der Waals surface area contributed by atoms with Crippen molar-refractivity contribution >= 4 is 44.1 Å². The number of fused-ring (bicyclic) bond motifs is 1. The number of aromatic nitrogens is 2. The summed E-state index contributed by atoms with van der Waals surface area (Å²) in [7, 11) is 0. The van der Waals surface area contributed by atoms with Crippen molar-refractivity contribution in [3.63, 3.8) is 0 Å². The van der Waals surface area contributed by atoms with E-state index < -0.39 is 17.4 Å². The number of anilines is 1. The maximum absolute atomic E-state index is 12.9. The normalized spacial score (nSPS) is 22.9. The van der Waals surface area contributed by atoms with E-state index in [1.807, 2.05) is 0 Å². The van der Waals surface area contributed by atoms with Gasteiger partial charge < -0.3 is 5.73 Å². The number of carbonyl (C=O) groups is 2. The Morgan fingerprint density at radius 1 is 1.41 bits per heavy atom. The molecule has 3 rings (SSSR count). The molecule has 0 bridgehead atoms. The van der Waals surface area contributed by atoms with E-state index in [0.29, 0.717) is 9.99 Å². The van der Waals surface area contributed by atoms with Crippen LogP contribution >= 0.6 is 15.9 Å². The summed E-state index contributed by atoms with van der Waals surface area (Å²) in [5.41, 5.74) is 6.02. The van der Waals surface area contributed by atoms with Gasteiger partial charge in [0.15, 0.2) is 5.78 Å². The molecule has 0 amide bonds. The quantitative estimate of drug-likeness (QED) is 0.615. The molecule has 1 aromatic carbocycles. The molecule has 1 unspecified atom stereocenters. The highest BCUT2D eigenvalue weighted by atomic mass is 79.9. The molecular weight excluding hydrogens is 350 g/mol. The third-order valence-electron chi connectivity index (χ3n) is 3.73. The standard InChI is InChI=1S/C15H14BrN3O3/c1-7-18-11-5-8(16)4-10(17)14(11)15(22)19(7)12-3-2-9(20)6-13(12)21/h4-5,12H,2-3,6,17H2,1H3/i12D. The van der Waals surface area contributed by atoms with Gasteiger partial charge in [0.25, 0.3) is 5.56 Å². The first-order chi connectivity index (χ1) is 10.7. The van der Waals surface area contributed by atoms with Gasteiger partial charge in [0.05, 0.1) is 24.7 Å². The van der Waals surface area contributed by atoms with Gasteiger partial charge in [-0.05, 0) is 25.5 Å². The Balaban J connectivity index is 2.33. The Kier molecular flexibility index (Phi) is 3.29. The van der Waals surface area contributed by atoms with Crippen LogP contribution in [0.1, 0.15) is 32.5 Å². The van der Waals surface area contributed by atoms with Crippen molar-refractivity contribution < 1.29 is 11.0 Å². The lowest BCUT2D eigenvalue weighted by molar-refractivity contribution is -0.132. The minimum atomic E-state index is -1.81. The van der Waals surface area contributed by atoms with Crippen LogP contribution in [-0.2, 0) is 9.59 Å². The van der Waals surface area contributed by atoms with Gasteiger partial charge in [-0.1, -0.05) is 15.9 Å². The molecule has 1 saturated carbocycles. The maximum atomic E-state index is 12.9. The molecule has 1 aliphatic carbocycles. The molecule has 22 heavy (non-hydrogen) atoms. The van der Waals surface area contributed by atoms with Crippen molar-refractivity contribution in [1.82, 2.24) is 9.55 Å². The van der Waals surface area contributed by atoms with Crippen molar-refractivity contribution in [2.75, 3.05) is 5.73 Å². The Hall–Kier alpha value is -2.02. The number of halogens is 1. The van der Waals surface area contributed by atoms with E-state index in [1.165, 1.54) is 0 Å². The number of aryl methyl sites for hydroxylation is 1. The molecule has 0 aliphatic heterocycles. The average Bonchev–Trinajstić information content (AvgIpc) is 2.42. The summed E-state index contributed by atoms with van der Waals surface area (Å²) in [6.07, 6.45) is -0.271. The highest BCUT2D eigenvalue weighted by Crippen LogP contribution is 2.26. The number of ketones is 2. The van der Waals surface area contributed by atoms with Gasteiger partial charge in [-0.15, -0.1) is 0 Å². The van der Waals surface area contributed by atoms with Crippen molar-refractivity contribution in [2.45, 2.75) is 32.2 Å². The average molecular weight is 365 g/mol. The van der Waals surface area contributed by atoms with Gasteiger partial charge in [-0.2, -0.15) is 0 Å². The number of nitrogens with zero attached hydrogens (tertiary/aromatic N) is 2. The van der Waals surface area contributed by atoms with E-state index in [-0.39, 0.29) is 41.9 Å². The largest absolute Gasteiger partial charge is 0.398 e. The first kappa shape index (κ1) is 13.6. The van der Waals surface area contributed by atoms with Gasteiger partial charge in [0.2, 0.25) is 0 Å². The Bertz CT molecular complexity index is 924. The SMILES string of the molecule is [2H]C1(n2c(C)nc3cc(Br)cc(N)c3c2=O)CCC(=O)CC1=O. The van der Waals surface area contributed by atoms with Gasteiger partial charge in [-0.3, -0.25) is 19.0 Å². The number of hydrogen-bond acceptors (Lipinski definition) is 5. The second-order valence-electron chi connectivity index (χ2n) is 5.27. The van der Waals surface area contributed by atoms with Crippen LogP contribution in [0.15, 0.2) is 21.4 Å². The number of Topliss-reactive ketones (excluding diaryl/α,β-unsaturated/α-hetero) is 2. The highest BCUT2D eigenvalue weighted by molar-refractivity contribution is 9.10. The molecule has 1 atom stereocenters. The molecule has 1 aromatic heterocycles. The predicted molar refractivity (Wildman–Crippen MR) is 85.8 cm³/mol. The van der Waals surface area contributed by atoms with Gasteiger partial charge in [0.1, 0.15) is 11.6 Å². The van der Waals surface area contributed by atoms with Crippen LogP contribution < -0.4 is 11.3 Å².